The SMILES string of the molecule is COCCc1ccccc1NC(C)C(=O)NC(C)(C)C. The van der Waals surface area contributed by atoms with E-state index in [9.17, 15) is 4.79 Å². The highest BCUT2D eigenvalue weighted by Crippen LogP contribution is 2.17. The van der Waals surface area contributed by atoms with Gasteiger partial charge in [-0.25, -0.2) is 0 Å². The molecule has 0 heterocycles. The molecule has 0 fully saturated rings. The molecule has 1 rings (SSSR count). The van der Waals surface area contributed by atoms with Crippen LogP contribution in [0.1, 0.15) is 33.3 Å². The van der Waals surface area contributed by atoms with Gasteiger partial charge in [-0.1, -0.05) is 18.2 Å². The minimum absolute atomic E-state index is 0.000885. The van der Waals surface area contributed by atoms with Crippen molar-refractivity contribution < 1.29 is 9.53 Å². The normalized spacial score (nSPS) is 12.8. The first-order chi connectivity index (χ1) is 9.33. The van der Waals surface area contributed by atoms with Crippen LogP contribution in [0.5, 0.6) is 0 Å². The summed E-state index contributed by atoms with van der Waals surface area (Å²) in [6.07, 6.45) is 0.827. The number of hydrogen-bond donors (Lipinski definition) is 2. The number of benzene rings is 1. The number of methoxy groups -OCH3 is 1. The molecule has 0 saturated heterocycles. The number of nitrogens with one attached hydrogen (secondary N) is 2. The van der Waals surface area contributed by atoms with Crippen LogP contribution in [0.15, 0.2) is 24.3 Å². The van der Waals surface area contributed by atoms with Crippen molar-refractivity contribution in [2.45, 2.75) is 45.7 Å². The third-order valence-corrected chi connectivity index (χ3v) is 2.86. The van der Waals surface area contributed by atoms with Crippen molar-refractivity contribution in [2.75, 3.05) is 19.0 Å². The van der Waals surface area contributed by atoms with E-state index in [1.807, 2.05) is 45.9 Å². The zero-order valence-corrected chi connectivity index (χ0v) is 13.1. The lowest BCUT2D eigenvalue weighted by atomic mass is 10.1. The quantitative estimate of drug-likeness (QED) is 0.841. The fraction of sp³-hybridized carbons (Fsp3) is 0.562. The van der Waals surface area contributed by atoms with Crippen LogP contribution in [-0.2, 0) is 16.0 Å². The maximum atomic E-state index is 12.1. The molecule has 0 saturated carbocycles. The summed E-state index contributed by atoms with van der Waals surface area (Å²) in [5.41, 5.74) is 1.92. The standard InChI is InChI=1S/C16H26N2O2/c1-12(15(19)18-16(2,3)4)17-14-9-7-6-8-13(14)10-11-20-5/h6-9,12,17H,10-11H2,1-5H3,(H,18,19). The van der Waals surface area contributed by atoms with Crippen molar-refractivity contribution >= 4 is 11.6 Å². The highest BCUT2D eigenvalue weighted by molar-refractivity contribution is 5.85. The Morgan fingerprint density at radius 2 is 1.95 bits per heavy atom. The van der Waals surface area contributed by atoms with Crippen LogP contribution in [0.4, 0.5) is 5.69 Å². The molecule has 4 heteroatoms. The van der Waals surface area contributed by atoms with E-state index in [-0.39, 0.29) is 17.5 Å². The Morgan fingerprint density at radius 1 is 1.30 bits per heavy atom. The summed E-state index contributed by atoms with van der Waals surface area (Å²) < 4.78 is 5.11. The molecule has 2 N–H and O–H groups in total. The van der Waals surface area contributed by atoms with E-state index in [4.69, 9.17) is 4.74 Å². The van der Waals surface area contributed by atoms with Crippen LogP contribution < -0.4 is 10.6 Å². The second kappa shape index (κ2) is 7.29. The van der Waals surface area contributed by atoms with Crippen LogP contribution >= 0.6 is 0 Å². The molecule has 0 bridgehead atoms. The molecule has 1 atom stereocenters. The number of amides is 1. The predicted octanol–water partition coefficient (Wildman–Crippen LogP) is 2.59. The summed E-state index contributed by atoms with van der Waals surface area (Å²) in [5, 5.41) is 6.25. The van der Waals surface area contributed by atoms with Crippen LogP contribution in [0.3, 0.4) is 0 Å². The van der Waals surface area contributed by atoms with E-state index in [2.05, 4.69) is 16.7 Å². The fourth-order valence-corrected chi connectivity index (χ4v) is 1.87. The molecule has 20 heavy (non-hydrogen) atoms. The maximum absolute atomic E-state index is 12.1. The van der Waals surface area contributed by atoms with E-state index in [0.29, 0.717) is 6.61 Å². The number of rotatable bonds is 6. The summed E-state index contributed by atoms with van der Waals surface area (Å²) in [6, 6.07) is 7.72. The molecule has 0 aliphatic carbocycles. The van der Waals surface area contributed by atoms with Crippen LogP contribution in [0, 0.1) is 0 Å². The molecule has 1 aromatic carbocycles. The average Bonchev–Trinajstić information content (AvgIpc) is 2.35. The first-order valence-electron chi connectivity index (χ1n) is 6.99. The van der Waals surface area contributed by atoms with E-state index in [1.54, 1.807) is 7.11 Å². The third-order valence-electron chi connectivity index (χ3n) is 2.86. The Bertz CT molecular complexity index is 438. The predicted molar refractivity (Wildman–Crippen MR) is 83.0 cm³/mol. The highest BCUT2D eigenvalue weighted by atomic mass is 16.5. The Kier molecular flexibility index (Phi) is 6.02. The van der Waals surface area contributed by atoms with Gasteiger partial charge in [-0.05, 0) is 45.7 Å². The second-order valence-corrected chi connectivity index (χ2v) is 6.01. The molecule has 1 unspecified atom stereocenters. The zero-order valence-electron chi connectivity index (χ0n) is 13.1. The lowest BCUT2D eigenvalue weighted by Crippen LogP contribution is -2.47. The molecule has 1 aromatic rings. The van der Waals surface area contributed by atoms with Gasteiger partial charge in [-0.15, -0.1) is 0 Å². The lowest BCUT2D eigenvalue weighted by Gasteiger charge is -2.24. The van der Waals surface area contributed by atoms with Crippen molar-refractivity contribution in [3.63, 3.8) is 0 Å². The first-order valence-corrected chi connectivity index (χ1v) is 6.99. The molecule has 0 aromatic heterocycles. The second-order valence-electron chi connectivity index (χ2n) is 6.01. The van der Waals surface area contributed by atoms with Crippen molar-refractivity contribution in [2.24, 2.45) is 0 Å². The minimum Gasteiger partial charge on any atom is -0.384 e. The molecule has 4 nitrogen and oxygen atoms in total. The van der Waals surface area contributed by atoms with Crippen molar-refractivity contribution in [1.29, 1.82) is 0 Å². The van der Waals surface area contributed by atoms with Crippen LogP contribution in [0.2, 0.25) is 0 Å². The Morgan fingerprint density at radius 3 is 2.55 bits per heavy atom. The van der Waals surface area contributed by atoms with E-state index in [0.717, 1.165) is 17.7 Å². The summed E-state index contributed by atoms with van der Waals surface area (Å²) in [4.78, 5) is 12.1. The molecule has 0 aliphatic rings. The Balaban J connectivity index is 2.70. The first kappa shape index (κ1) is 16.5. The minimum atomic E-state index is -0.280. The van der Waals surface area contributed by atoms with Gasteiger partial charge in [0.15, 0.2) is 0 Å². The van der Waals surface area contributed by atoms with Gasteiger partial charge in [0, 0.05) is 18.3 Å². The number of carbonyl (C=O) groups is 1. The van der Waals surface area contributed by atoms with Gasteiger partial charge < -0.3 is 15.4 Å². The molecule has 1 amide bonds. The van der Waals surface area contributed by atoms with Gasteiger partial charge in [0.05, 0.1) is 6.61 Å². The molecule has 0 radical (unpaired) electrons. The number of anilines is 1. The average molecular weight is 278 g/mol. The van der Waals surface area contributed by atoms with Gasteiger partial charge >= 0.3 is 0 Å². The van der Waals surface area contributed by atoms with Gasteiger partial charge in [0.2, 0.25) is 5.91 Å². The Hall–Kier alpha value is -1.55. The van der Waals surface area contributed by atoms with E-state index in [1.165, 1.54) is 0 Å². The van der Waals surface area contributed by atoms with Crippen molar-refractivity contribution in [3.05, 3.63) is 29.8 Å². The van der Waals surface area contributed by atoms with Crippen LogP contribution in [-0.4, -0.2) is 31.2 Å². The monoisotopic (exact) mass is 278 g/mol. The molecule has 0 aliphatic heterocycles. The fourth-order valence-electron chi connectivity index (χ4n) is 1.87. The number of ether oxygens (including phenoxy) is 1. The van der Waals surface area contributed by atoms with Crippen molar-refractivity contribution in [3.8, 4) is 0 Å². The maximum Gasteiger partial charge on any atom is 0.242 e. The zero-order chi connectivity index (χ0) is 15.2. The Labute approximate surface area is 121 Å². The summed E-state index contributed by atoms with van der Waals surface area (Å²) in [6.45, 7) is 8.47. The summed E-state index contributed by atoms with van der Waals surface area (Å²) in [7, 11) is 1.69. The van der Waals surface area contributed by atoms with Gasteiger partial charge in [-0.3, -0.25) is 4.79 Å². The largest absolute Gasteiger partial charge is 0.384 e. The number of carbonyl (C=O) groups excluding carboxylic acids is 1. The lowest BCUT2D eigenvalue weighted by molar-refractivity contribution is -0.122. The van der Waals surface area contributed by atoms with E-state index >= 15 is 0 Å². The van der Waals surface area contributed by atoms with Gasteiger partial charge in [-0.2, -0.15) is 0 Å². The number of para-hydroxylation sites is 1. The topological polar surface area (TPSA) is 50.4 Å². The number of hydrogen-bond acceptors (Lipinski definition) is 3. The molecule has 0 spiro atoms. The van der Waals surface area contributed by atoms with Crippen LogP contribution in [0.25, 0.3) is 0 Å². The third kappa shape index (κ3) is 5.61. The van der Waals surface area contributed by atoms with Crippen molar-refractivity contribution in [1.82, 2.24) is 5.32 Å². The molecule has 112 valence electrons. The summed E-state index contributed by atoms with van der Waals surface area (Å²) in [5.74, 6) is -0.000885. The smallest absolute Gasteiger partial charge is 0.242 e. The summed E-state index contributed by atoms with van der Waals surface area (Å²) >= 11 is 0. The highest BCUT2D eigenvalue weighted by Gasteiger charge is 2.19. The van der Waals surface area contributed by atoms with Gasteiger partial charge in [0.1, 0.15) is 6.04 Å². The molecular formula is C16H26N2O2. The van der Waals surface area contributed by atoms with E-state index < -0.39 is 0 Å². The molecular weight excluding hydrogens is 252 g/mol. The van der Waals surface area contributed by atoms with Gasteiger partial charge in [0.25, 0.3) is 0 Å².